The van der Waals surface area contributed by atoms with Crippen molar-refractivity contribution in [3.05, 3.63) is 18.7 Å². The van der Waals surface area contributed by atoms with Crippen LogP contribution in [-0.2, 0) is 15.0 Å². The summed E-state index contributed by atoms with van der Waals surface area (Å²) < 4.78 is 40.3. The fraction of sp³-hybridized carbons (Fsp3) is 0. The molecule has 0 aliphatic carbocycles. The maximum absolute atomic E-state index is 8.74. The first kappa shape index (κ1) is 15.7. The van der Waals surface area contributed by atoms with Crippen molar-refractivity contribution in [2.75, 3.05) is 0 Å². The molecule has 0 saturated carbocycles. The van der Waals surface area contributed by atoms with E-state index in [0.717, 1.165) is 0 Å². The zero-order valence-corrected chi connectivity index (χ0v) is 8.42. The molecule has 1 rings (SSSR count). The maximum atomic E-state index is 8.74. The summed E-state index contributed by atoms with van der Waals surface area (Å²) in [6.45, 7) is 0. The second-order valence-electron chi connectivity index (χ2n) is 1.49. The molecule has 0 amide bonds. The Labute approximate surface area is 80.0 Å². The van der Waals surface area contributed by atoms with Gasteiger partial charge in [-0.3, -0.25) is 13.7 Å². The molecule has 84 valence electrons. The average Bonchev–Trinajstić information content (AvgIpc) is 2.32. The van der Waals surface area contributed by atoms with Crippen LogP contribution in [0.2, 0.25) is 0 Å². The first-order chi connectivity index (χ1) is 6.23. The maximum Gasteiger partial charge on any atom is 0.394 e. The number of imidazole rings is 1. The minimum absolute atomic E-state index is 1.62. The van der Waals surface area contributed by atoms with E-state index in [1.54, 1.807) is 18.7 Å². The third-order valence-corrected chi connectivity index (χ3v) is 0.406. The molecule has 0 aromatic carbocycles. The Bertz CT molecular complexity index is 291. The summed E-state index contributed by atoms with van der Waals surface area (Å²) in [5.41, 5.74) is 0. The molecule has 0 saturated heterocycles. The van der Waals surface area contributed by atoms with E-state index in [4.69, 9.17) is 31.9 Å². The summed E-state index contributed by atoms with van der Waals surface area (Å²) in [6.07, 6.45) is 5.08. The quantitative estimate of drug-likeness (QED) is 0.292. The molecule has 0 spiro atoms. The van der Waals surface area contributed by atoms with E-state index in [-0.39, 0.29) is 0 Å². The molecule has 1 heterocycles. The van der Waals surface area contributed by atoms with Crippen LogP contribution in [0.1, 0.15) is 0 Å². The predicted octanol–water partition coefficient (Wildman–Crippen LogP) is -0.882. The SMILES string of the molecule is O=S(=O)(O)O.O=[PH](O)O.c1c[nH]cn1. The number of nitrogens with zero attached hydrogens (tertiary/aromatic N) is 1. The Morgan fingerprint density at radius 1 is 1.29 bits per heavy atom. The van der Waals surface area contributed by atoms with Crippen molar-refractivity contribution in [2.24, 2.45) is 0 Å². The fourth-order valence-electron chi connectivity index (χ4n) is 0.215. The summed E-state index contributed by atoms with van der Waals surface area (Å²) in [6, 6.07) is 0. The van der Waals surface area contributed by atoms with Crippen molar-refractivity contribution < 1.29 is 31.9 Å². The average molecular weight is 248 g/mol. The van der Waals surface area contributed by atoms with E-state index in [0.29, 0.717) is 0 Å². The lowest BCUT2D eigenvalue weighted by atomic mass is 11.0. The first-order valence-corrected chi connectivity index (χ1v) is 5.48. The van der Waals surface area contributed by atoms with Crippen LogP contribution in [0.25, 0.3) is 0 Å². The normalized spacial score (nSPS) is 9.50. The van der Waals surface area contributed by atoms with Crippen molar-refractivity contribution in [1.29, 1.82) is 0 Å². The second kappa shape index (κ2) is 8.81. The van der Waals surface area contributed by atoms with Gasteiger partial charge in [0.2, 0.25) is 0 Å². The molecule has 0 aliphatic rings. The Kier molecular flexibility index (Phi) is 9.88. The van der Waals surface area contributed by atoms with Crippen LogP contribution in [-0.4, -0.2) is 37.3 Å². The van der Waals surface area contributed by atoms with Gasteiger partial charge in [-0.2, -0.15) is 8.42 Å². The van der Waals surface area contributed by atoms with Crippen LogP contribution < -0.4 is 0 Å². The molecule has 0 atom stereocenters. The summed E-state index contributed by atoms with van der Waals surface area (Å²) in [7, 11) is -7.80. The van der Waals surface area contributed by atoms with Crippen LogP contribution >= 0.6 is 8.25 Å². The van der Waals surface area contributed by atoms with E-state index in [1.807, 2.05) is 0 Å². The van der Waals surface area contributed by atoms with Crippen molar-refractivity contribution in [2.45, 2.75) is 0 Å². The molecule has 9 nitrogen and oxygen atoms in total. The number of hydrogen-bond donors (Lipinski definition) is 5. The lowest BCUT2D eigenvalue weighted by Gasteiger charge is -1.68. The summed E-state index contributed by atoms with van der Waals surface area (Å²) in [4.78, 5) is 20.7. The number of aromatic amines is 1. The fourth-order valence-corrected chi connectivity index (χ4v) is 0.215. The van der Waals surface area contributed by atoms with Crippen LogP contribution in [0, 0.1) is 0 Å². The van der Waals surface area contributed by atoms with Gasteiger partial charge in [0.15, 0.2) is 0 Å². The van der Waals surface area contributed by atoms with Gasteiger partial charge in [0.05, 0.1) is 6.33 Å². The van der Waals surface area contributed by atoms with Gasteiger partial charge >= 0.3 is 18.7 Å². The zero-order chi connectivity index (χ0) is 11.6. The highest BCUT2D eigenvalue weighted by Crippen LogP contribution is 1.98. The molecule has 0 unspecified atom stereocenters. The van der Waals surface area contributed by atoms with Crippen LogP contribution in [0.4, 0.5) is 0 Å². The molecule has 1 aromatic rings. The third kappa shape index (κ3) is 65.7. The van der Waals surface area contributed by atoms with Crippen LogP contribution in [0.5, 0.6) is 0 Å². The Morgan fingerprint density at radius 3 is 1.71 bits per heavy atom. The van der Waals surface area contributed by atoms with Gasteiger partial charge in [-0.05, 0) is 0 Å². The number of H-pyrrole nitrogens is 1. The van der Waals surface area contributed by atoms with Gasteiger partial charge in [-0.1, -0.05) is 0 Å². The topological polar surface area (TPSA) is 161 Å². The van der Waals surface area contributed by atoms with Crippen molar-refractivity contribution >= 4 is 18.7 Å². The van der Waals surface area contributed by atoms with Gasteiger partial charge in [-0.25, -0.2) is 4.98 Å². The Hall–Kier alpha value is -0.770. The summed E-state index contributed by atoms with van der Waals surface area (Å²) in [5.74, 6) is 0. The minimum atomic E-state index is -4.67. The second-order valence-corrected chi connectivity index (χ2v) is 2.95. The van der Waals surface area contributed by atoms with E-state index < -0.39 is 18.7 Å². The van der Waals surface area contributed by atoms with Crippen molar-refractivity contribution in [1.82, 2.24) is 9.97 Å². The van der Waals surface area contributed by atoms with E-state index >= 15 is 0 Å². The molecule has 5 N–H and O–H groups in total. The van der Waals surface area contributed by atoms with Crippen molar-refractivity contribution in [3.8, 4) is 0 Å². The van der Waals surface area contributed by atoms with Gasteiger partial charge < -0.3 is 14.8 Å². The number of hydrogen-bond acceptors (Lipinski definition) is 4. The lowest BCUT2D eigenvalue weighted by Crippen LogP contribution is -1.89. The summed E-state index contributed by atoms with van der Waals surface area (Å²) in [5, 5.41) is 0. The van der Waals surface area contributed by atoms with Gasteiger partial charge in [-0.15, -0.1) is 0 Å². The van der Waals surface area contributed by atoms with E-state index in [9.17, 15) is 0 Å². The molecule has 1 aromatic heterocycles. The van der Waals surface area contributed by atoms with Crippen LogP contribution in [0.15, 0.2) is 18.7 Å². The Morgan fingerprint density at radius 2 is 1.64 bits per heavy atom. The largest absolute Gasteiger partial charge is 0.394 e. The number of rotatable bonds is 0. The third-order valence-electron chi connectivity index (χ3n) is 0.406. The molecule has 0 radical (unpaired) electrons. The monoisotopic (exact) mass is 248 g/mol. The van der Waals surface area contributed by atoms with Crippen LogP contribution in [0.3, 0.4) is 0 Å². The minimum Gasteiger partial charge on any atom is -0.351 e. The van der Waals surface area contributed by atoms with Crippen molar-refractivity contribution in [3.63, 3.8) is 0 Å². The van der Waals surface area contributed by atoms with Gasteiger partial charge in [0.1, 0.15) is 0 Å². The van der Waals surface area contributed by atoms with E-state index in [2.05, 4.69) is 9.97 Å². The number of nitrogens with one attached hydrogen (secondary N) is 1. The molecule has 0 aliphatic heterocycles. The molecule has 14 heavy (non-hydrogen) atoms. The molecular formula is C3H9N2O7PS. The molecular weight excluding hydrogens is 239 g/mol. The predicted molar refractivity (Wildman–Crippen MR) is 46.2 cm³/mol. The highest BCUT2D eigenvalue weighted by atomic mass is 32.3. The van der Waals surface area contributed by atoms with E-state index in [1.165, 1.54) is 0 Å². The first-order valence-electron chi connectivity index (χ1n) is 2.78. The molecule has 11 heteroatoms. The standard InChI is InChI=1S/C3H4N2.H2O4S.H3O3P/c1-2-5-3-4-1;1-5(2,3)4;1-4(2)3/h1-3H,(H,4,5);(H2,1,2,3,4);4H,(H2,1,2,3). The molecule has 0 bridgehead atoms. The highest BCUT2D eigenvalue weighted by Gasteiger charge is 1.84. The lowest BCUT2D eigenvalue weighted by molar-refractivity contribution is 0.380. The molecule has 0 fully saturated rings. The Balaban J connectivity index is 0. The number of aromatic nitrogens is 2. The zero-order valence-electron chi connectivity index (χ0n) is 6.60. The highest BCUT2D eigenvalue weighted by molar-refractivity contribution is 7.79. The van der Waals surface area contributed by atoms with Gasteiger partial charge in [0.25, 0.3) is 0 Å². The summed E-state index contributed by atoms with van der Waals surface area (Å²) >= 11 is 0. The smallest absolute Gasteiger partial charge is 0.351 e. The van der Waals surface area contributed by atoms with Gasteiger partial charge in [0, 0.05) is 12.4 Å².